The number of carbonyl (C=O) groups is 1. The van der Waals surface area contributed by atoms with Gasteiger partial charge in [-0.2, -0.15) is 8.42 Å². The molecule has 0 spiro atoms. The smallest absolute Gasteiger partial charge is 0.394 e. The first-order chi connectivity index (χ1) is 37.5. The minimum Gasteiger partial charge on any atom is -0.394 e. The van der Waals surface area contributed by atoms with Crippen LogP contribution in [0, 0.1) is 0 Å². The molecule has 0 saturated carbocycles. The lowest BCUT2D eigenvalue weighted by atomic mass is 9.99. The highest BCUT2D eigenvalue weighted by atomic mass is 32.3. The minimum atomic E-state index is -5.08. The number of aliphatic hydroxyl groups excluding tert-OH is 4. The van der Waals surface area contributed by atoms with Gasteiger partial charge in [-0.15, -0.1) is 0 Å². The van der Waals surface area contributed by atoms with Crippen molar-refractivity contribution >= 4 is 16.3 Å². The van der Waals surface area contributed by atoms with E-state index in [2.05, 4.69) is 23.3 Å². The summed E-state index contributed by atoms with van der Waals surface area (Å²) in [6, 6.07) is -0.854. The molecule has 0 aromatic carbocycles. The Labute approximate surface area is 475 Å². The van der Waals surface area contributed by atoms with Gasteiger partial charge in [0.05, 0.1) is 25.4 Å². The normalized spacial score (nSPS) is 18.8. The number of hydrogen-bond donors (Lipinski definition) is 6. The zero-order chi connectivity index (χ0) is 56.1. The summed E-state index contributed by atoms with van der Waals surface area (Å²) in [5, 5.41) is 45.3. The highest BCUT2D eigenvalue weighted by Crippen LogP contribution is 2.27. The van der Waals surface area contributed by atoms with Crippen molar-refractivity contribution in [2.75, 3.05) is 13.2 Å². The summed E-state index contributed by atoms with van der Waals surface area (Å²) in [5.41, 5.74) is 0. The first-order valence-electron chi connectivity index (χ1n) is 33.4. The first-order valence-corrected chi connectivity index (χ1v) is 34.8. The van der Waals surface area contributed by atoms with E-state index in [1.165, 1.54) is 270 Å². The van der Waals surface area contributed by atoms with Crippen molar-refractivity contribution < 1.29 is 51.8 Å². The van der Waals surface area contributed by atoms with Gasteiger partial charge < -0.3 is 35.2 Å². The molecule has 0 aliphatic carbocycles. The molecule has 1 rings (SSSR count). The van der Waals surface area contributed by atoms with Crippen LogP contribution in [0.4, 0.5) is 0 Å². The van der Waals surface area contributed by atoms with Crippen LogP contribution in [-0.2, 0) is 28.9 Å². The van der Waals surface area contributed by atoms with E-state index in [-0.39, 0.29) is 12.5 Å². The average Bonchev–Trinajstić information content (AvgIpc) is 3.41. The maximum Gasteiger partial charge on any atom is 0.397 e. The molecule has 13 heteroatoms. The van der Waals surface area contributed by atoms with Crippen LogP contribution in [0.15, 0.2) is 0 Å². The number of ether oxygens (including phenoxy) is 2. The van der Waals surface area contributed by atoms with E-state index < -0.39 is 59.9 Å². The highest BCUT2D eigenvalue weighted by molar-refractivity contribution is 7.80. The van der Waals surface area contributed by atoms with Crippen LogP contribution in [0.1, 0.15) is 348 Å². The molecule has 0 aromatic rings. The summed E-state index contributed by atoms with van der Waals surface area (Å²) in [4.78, 5) is 13.2. The van der Waals surface area contributed by atoms with Crippen LogP contribution < -0.4 is 5.32 Å². The summed E-state index contributed by atoms with van der Waals surface area (Å²) in [6.07, 6.45) is 57.0. The highest BCUT2D eigenvalue weighted by Gasteiger charge is 2.48. The Kier molecular flexibility index (Phi) is 52.3. The second kappa shape index (κ2) is 54.4. The molecule has 0 aromatic heterocycles. The Morgan fingerprint density at radius 1 is 0.468 bits per heavy atom. The SMILES string of the molecule is CCCCCCCCCCCCCCCCCCCCCCCCCCCCCCCCC(=O)NC(COC1OC(CO)C(O)C(OS(=O)(=O)O)C1O)C(O)CCCCCCCCCCCCCCCCCCCCCC. The molecule has 1 fully saturated rings. The molecule has 1 saturated heterocycles. The van der Waals surface area contributed by atoms with Gasteiger partial charge in [0.2, 0.25) is 5.91 Å². The fourth-order valence-electron chi connectivity index (χ4n) is 11.3. The molecular formula is C64H127NO11S. The number of unbranched alkanes of at least 4 members (excludes halogenated alkanes) is 48. The maximum atomic E-state index is 13.2. The van der Waals surface area contributed by atoms with E-state index in [1.807, 2.05) is 0 Å². The zero-order valence-electron chi connectivity index (χ0n) is 50.3. The van der Waals surface area contributed by atoms with E-state index in [9.17, 15) is 38.2 Å². The number of carbonyl (C=O) groups excluding carboxylic acids is 1. The van der Waals surface area contributed by atoms with Crippen LogP contribution in [0.3, 0.4) is 0 Å². The Hall–Kier alpha value is -0.900. The van der Waals surface area contributed by atoms with Crippen molar-refractivity contribution in [1.29, 1.82) is 0 Å². The Morgan fingerprint density at radius 2 is 0.753 bits per heavy atom. The third-order valence-electron chi connectivity index (χ3n) is 16.4. The second-order valence-corrected chi connectivity index (χ2v) is 24.8. The van der Waals surface area contributed by atoms with E-state index in [0.717, 1.165) is 51.4 Å². The van der Waals surface area contributed by atoms with Crippen LogP contribution >= 0.6 is 0 Å². The van der Waals surface area contributed by atoms with Gasteiger partial charge in [0.25, 0.3) is 0 Å². The van der Waals surface area contributed by atoms with Crippen molar-refractivity contribution in [2.24, 2.45) is 0 Å². The summed E-state index contributed by atoms with van der Waals surface area (Å²) >= 11 is 0. The lowest BCUT2D eigenvalue weighted by Gasteiger charge is -2.41. The van der Waals surface area contributed by atoms with Gasteiger partial charge in [-0.05, 0) is 12.8 Å². The molecule has 6 N–H and O–H groups in total. The standard InChI is InChI=1S/C64H127NO11S/c1-3-5-7-9-11-13-15-17-19-21-23-25-26-27-28-29-30-31-32-33-34-36-38-40-42-44-46-48-50-52-54-60(68)65-57(56-74-64-62(70)63(76-77(71,72)73)61(69)59(55-66)75-64)58(67)53-51-49-47-45-43-41-39-37-35-24-22-20-18-16-14-12-10-8-6-4-2/h57-59,61-64,66-67,69-70H,3-56H2,1-2H3,(H,65,68)(H,71,72,73). The lowest BCUT2D eigenvalue weighted by molar-refractivity contribution is -0.298. The van der Waals surface area contributed by atoms with Crippen molar-refractivity contribution in [3.8, 4) is 0 Å². The Morgan fingerprint density at radius 3 is 1.04 bits per heavy atom. The minimum absolute atomic E-state index is 0.220. The molecule has 7 atom stereocenters. The topological polar surface area (TPSA) is 192 Å². The molecule has 77 heavy (non-hydrogen) atoms. The fourth-order valence-corrected chi connectivity index (χ4v) is 11.8. The Bertz CT molecular complexity index is 1360. The van der Waals surface area contributed by atoms with Crippen molar-refractivity contribution in [2.45, 2.75) is 391 Å². The van der Waals surface area contributed by atoms with Gasteiger partial charge >= 0.3 is 10.4 Å². The number of aliphatic hydroxyl groups is 4. The van der Waals surface area contributed by atoms with E-state index in [0.29, 0.717) is 12.8 Å². The maximum absolute atomic E-state index is 13.2. The molecule has 1 aliphatic rings. The third-order valence-corrected chi connectivity index (χ3v) is 16.9. The van der Waals surface area contributed by atoms with Gasteiger partial charge in [-0.1, -0.05) is 328 Å². The largest absolute Gasteiger partial charge is 0.397 e. The number of hydrogen-bond acceptors (Lipinski definition) is 10. The molecule has 1 aliphatic heterocycles. The van der Waals surface area contributed by atoms with E-state index in [4.69, 9.17) is 9.47 Å². The molecule has 1 heterocycles. The van der Waals surface area contributed by atoms with Crippen LogP contribution in [-0.4, -0.2) is 95.4 Å². The summed E-state index contributed by atoms with van der Waals surface area (Å²) in [7, 11) is -5.08. The number of nitrogens with one attached hydrogen (secondary N) is 1. The lowest BCUT2D eigenvalue weighted by Crippen LogP contribution is -2.61. The van der Waals surface area contributed by atoms with Crippen molar-refractivity contribution in [1.82, 2.24) is 5.32 Å². The fraction of sp³-hybridized carbons (Fsp3) is 0.984. The monoisotopic (exact) mass is 1120 g/mol. The molecule has 1 amide bonds. The van der Waals surface area contributed by atoms with E-state index in [1.54, 1.807) is 0 Å². The predicted molar refractivity (Wildman–Crippen MR) is 320 cm³/mol. The summed E-state index contributed by atoms with van der Waals surface area (Å²) in [6.45, 7) is 3.52. The van der Waals surface area contributed by atoms with Gasteiger partial charge in [0.15, 0.2) is 6.29 Å². The molecule has 0 radical (unpaired) electrons. The van der Waals surface area contributed by atoms with Gasteiger partial charge in [-0.25, -0.2) is 4.18 Å². The van der Waals surface area contributed by atoms with Crippen molar-refractivity contribution in [3.05, 3.63) is 0 Å². The van der Waals surface area contributed by atoms with Gasteiger partial charge in [0, 0.05) is 6.42 Å². The van der Waals surface area contributed by atoms with Crippen LogP contribution in [0.5, 0.6) is 0 Å². The second-order valence-electron chi connectivity index (χ2n) is 23.8. The Balaban J connectivity index is 2.23. The van der Waals surface area contributed by atoms with Crippen LogP contribution in [0.2, 0.25) is 0 Å². The number of amides is 1. The molecule has 12 nitrogen and oxygen atoms in total. The van der Waals surface area contributed by atoms with Crippen molar-refractivity contribution in [3.63, 3.8) is 0 Å². The first kappa shape index (κ1) is 74.1. The molecule has 0 bridgehead atoms. The predicted octanol–water partition coefficient (Wildman–Crippen LogP) is 16.8. The molecule has 7 unspecified atom stereocenters. The van der Waals surface area contributed by atoms with Gasteiger partial charge in [0.1, 0.15) is 24.4 Å². The third kappa shape index (κ3) is 46.3. The molecular weight excluding hydrogens is 991 g/mol. The number of rotatable bonds is 60. The van der Waals surface area contributed by atoms with Gasteiger partial charge in [-0.3, -0.25) is 9.35 Å². The average molecular weight is 1120 g/mol. The molecule has 460 valence electrons. The van der Waals surface area contributed by atoms with E-state index >= 15 is 0 Å². The quantitative estimate of drug-likeness (QED) is 0.0251. The summed E-state index contributed by atoms with van der Waals surface area (Å²) in [5.74, 6) is -0.220. The zero-order valence-corrected chi connectivity index (χ0v) is 51.1. The van der Waals surface area contributed by atoms with Crippen LogP contribution in [0.25, 0.3) is 0 Å². The summed E-state index contributed by atoms with van der Waals surface area (Å²) < 4.78 is 48.1.